The number of nitrogens with one attached hydrogen (secondary N) is 2. The molecule has 0 unspecified atom stereocenters. The molecule has 0 radical (unpaired) electrons. The van der Waals surface area contributed by atoms with Crippen LogP contribution >= 0.6 is 0 Å². The fourth-order valence-electron chi connectivity index (χ4n) is 1.75. The second-order valence-corrected chi connectivity index (χ2v) is 3.99. The van der Waals surface area contributed by atoms with E-state index in [1.165, 1.54) is 0 Å². The Balaban J connectivity index is 2.07. The number of H-pyrrole nitrogens is 1. The van der Waals surface area contributed by atoms with Gasteiger partial charge in [0.1, 0.15) is 11.5 Å². The Kier molecular flexibility index (Phi) is 4.07. The summed E-state index contributed by atoms with van der Waals surface area (Å²) in [7, 11) is 3.13. The molecule has 0 saturated heterocycles. The molecule has 0 atom stereocenters. The van der Waals surface area contributed by atoms with Gasteiger partial charge in [0.25, 0.3) is 0 Å². The highest BCUT2D eigenvalue weighted by Crippen LogP contribution is 2.29. The molecule has 0 fully saturated rings. The normalized spacial score (nSPS) is 10.0. The second kappa shape index (κ2) is 5.95. The predicted octanol–water partition coefficient (Wildman–Crippen LogP) is 2.21. The number of rotatable bonds is 5. The summed E-state index contributed by atoms with van der Waals surface area (Å²) in [6.07, 6.45) is 2.08. The third-order valence-electron chi connectivity index (χ3n) is 2.70. The molecule has 0 aliphatic carbocycles. The van der Waals surface area contributed by atoms with Gasteiger partial charge in [0.15, 0.2) is 0 Å². The molecular formula is C14H16N2O3. The molecule has 19 heavy (non-hydrogen) atoms. The Morgan fingerprint density at radius 3 is 2.74 bits per heavy atom. The van der Waals surface area contributed by atoms with Crippen LogP contribution in [0.3, 0.4) is 0 Å². The first-order valence-electron chi connectivity index (χ1n) is 5.87. The number of benzene rings is 1. The fraction of sp³-hybridized carbons (Fsp3) is 0.214. The van der Waals surface area contributed by atoms with Gasteiger partial charge >= 0.3 is 0 Å². The lowest BCUT2D eigenvalue weighted by molar-refractivity contribution is -0.115. The minimum absolute atomic E-state index is 0.106. The molecule has 100 valence electrons. The average Bonchev–Trinajstić information content (AvgIpc) is 2.91. The average molecular weight is 260 g/mol. The maximum absolute atomic E-state index is 11.9. The molecule has 0 saturated carbocycles. The van der Waals surface area contributed by atoms with Gasteiger partial charge in [-0.1, -0.05) is 0 Å². The monoisotopic (exact) mass is 260 g/mol. The number of hydrogen-bond donors (Lipinski definition) is 2. The lowest BCUT2D eigenvalue weighted by atomic mass is 10.2. The molecule has 1 amide bonds. The zero-order valence-corrected chi connectivity index (χ0v) is 10.9. The summed E-state index contributed by atoms with van der Waals surface area (Å²) in [4.78, 5) is 14.9. The number of ether oxygens (including phenoxy) is 2. The van der Waals surface area contributed by atoms with E-state index in [2.05, 4.69) is 10.3 Å². The number of aromatic nitrogens is 1. The molecule has 2 N–H and O–H groups in total. The van der Waals surface area contributed by atoms with Crippen LogP contribution in [0.1, 0.15) is 5.69 Å². The van der Waals surface area contributed by atoms with E-state index in [4.69, 9.17) is 9.47 Å². The molecule has 5 nitrogen and oxygen atoms in total. The lowest BCUT2D eigenvalue weighted by Gasteiger charge is -2.11. The summed E-state index contributed by atoms with van der Waals surface area (Å²) in [5.41, 5.74) is 1.49. The van der Waals surface area contributed by atoms with Gasteiger partial charge in [-0.05, 0) is 24.3 Å². The zero-order chi connectivity index (χ0) is 13.7. The first-order chi connectivity index (χ1) is 9.22. The number of methoxy groups -OCH3 is 2. The van der Waals surface area contributed by atoms with Gasteiger partial charge < -0.3 is 19.8 Å². The Hall–Kier alpha value is -2.43. The maximum atomic E-state index is 11.9. The SMILES string of the molecule is COc1ccc(NC(=O)Cc2ccc[nH]2)c(OC)c1. The van der Waals surface area contributed by atoms with Gasteiger partial charge in [-0.3, -0.25) is 4.79 Å². The molecule has 1 heterocycles. The number of anilines is 1. The smallest absolute Gasteiger partial charge is 0.230 e. The zero-order valence-electron chi connectivity index (χ0n) is 10.9. The first kappa shape index (κ1) is 13.0. The summed E-state index contributed by atoms with van der Waals surface area (Å²) in [6, 6.07) is 8.97. The van der Waals surface area contributed by atoms with Crippen LogP contribution in [0.4, 0.5) is 5.69 Å². The van der Waals surface area contributed by atoms with Gasteiger partial charge in [-0.15, -0.1) is 0 Å². The van der Waals surface area contributed by atoms with Gasteiger partial charge in [0.2, 0.25) is 5.91 Å². The first-order valence-corrected chi connectivity index (χ1v) is 5.87. The van der Waals surface area contributed by atoms with E-state index in [-0.39, 0.29) is 5.91 Å². The lowest BCUT2D eigenvalue weighted by Crippen LogP contribution is -2.15. The van der Waals surface area contributed by atoms with E-state index in [1.54, 1.807) is 38.6 Å². The van der Waals surface area contributed by atoms with Crippen LogP contribution < -0.4 is 14.8 Å². The van der Waals surface area contributed by atoms with Crippen molar-refractivity contribution in [2.45, 2.75) is 6.42 Å². The molecule has 2 aromatic rings. The third kappa shape index (κ3) is 3.28. The Bertz CT molecular complexity index is 550. The maximum Gasteiger partial charge on any atom is 0.230 e. The molecule has 0 aliphatic heterocycles. The summed E-state index contributed by atoms with van der Waals surface area (Å²) in [5.74, 6) is 1.14. The molecular weight excluding hydrogens is 244 g/mol. The van der Waals surface area contributed by atoms with Crippen LogP contribution in [0.5, 0.6) is 11.5 Å². The van der Waals surface area contributed by atoms with E-state index >= 15 is 0 Å². The van der Waals surface area contributed by atoms with E-state index < -0.39 is 0 Å². The Morgan fingerprint density at radius 2 is 2.11 bits per heavy atom. The van der Waals surface area contributed by atoms with Crippen LogP contribution in [0, 0.1) is 0 Å². The second-order valence-electron chi connectivity index (χ2n) is 3.99. The standard InChI is InChI=1S/C14H16N2O3/c1-18-11-5-6-12(13(9-11)19-2)16-14(17)8-10-4-3-7-15-10/h3-7,9,15H,8H2,1-2H3,(H,16,17). The van der Waals surface area contributed by atoms with Crippen molar-refractivity contribution in [1.82, 2.24) is 4.98 Å². The quantitative estimate of drug-likeness (QED) is 0.866. The van der Waals surface area contributed by atoms with Crippen molar-refractivity contribution >= 4 is 11.6 Å². The van der Waals surface area contributed by atoms with E-state index in [9.17, 15) is 4.79 Å². The van der Waals surface area contributed by atoms with Crippen molar-refractivity contribution in [3.63, 3.8) is 0 Å². The summed E-state index contributed by atoms with van der Waals surface area (Å²) < 4.78 is 10.3. The molecule has 0 aliphatic rings. The van der Waals surface area contributed by atoms with Gasteiger partial charge in [-0.2, -0.15) is 0 Å². The molecule has 0 spiro atoms. The van der Waals surface area contributed by atoms with Gasteiger partial charge in [-0.25, -0.2) is 0 Å². The van der Waals surface area contributed by atoms with E-state index in [1.807, 2.05) is 12.1 Å². The van der Waals surface area contributed by atoms with Crippen LogP contribution in [0.2, 0.25) is 0 Å². The highest BCUT2D eigenvalue weighted by Gasteiger charge is 2.09. The van der Waals surface area contributed by atoms with Crippen molar-refractivity contribution in [3.8, 4) is 11.5 Å². The highest BCUT2D eigenvalue weighted by molar-refractivity contribution is 5.93. The molecule has 1 aromatic heterocycles. The van der Waals surface area contributed by atoms with Crippen molar-refractivity contribution in [2.75, 3.05) is 19.5 Å². The van der Waals surface area contributed by atoms with Crippen molar-refractivity contribution in [2.24, 2.45) is 0 Å². The van der Waals surface area contributed by atoms with Crippen molar-refractivity contribution in [3.05, 3.63) is 42.2 Å². The van der Waals surface area contributed by atoms with Gasteiger partial charge in [0.05, 0.1) is 26.3 Å². The van der Waals surface area contributed by atoms with Crippen LogP contribution in [-0.2, 0) is 11.2 Å². The van der Waals surface area contributed by atoms with Crippen molar-refractivity contribution in [1.29, 1.82) is 0 Å². The highest BCUT2D eigenvalue weighted by atomic mass is 16.5. The minimum Gasteiger partial charge on any atom is -0.497 e. The molecule has 2 rings (SSSR count). The molecule has 1 aromatic carbocycles. The number of hydrogen-bond acceptors (Lipinski definition) is 3. The van der Waals surface area contributed by atoms with Gasteiger partial charge in [0, 0.05) is 18.0 Å². The number of carbonyl (C=O) groups is 1. The summed E-state index contributed by atoms with van der Waals surface area (Å²) >= 11 is 0. The largest absolute Gasteiger partial charge is 0.497 e. The molecule has 0 bridgehead atoms. The van der Waals surface area contributed by atoms with Crippen LogP contribution in [-0.4, -0.2) is 25.1 Å². The Morgan fingerprint density at radius 1 is 1.26 bits per heavy atom. The summed E-state index contributed by atoms with van der Waals surface area (Å²) in [5, 5.41) is 2.81. The van der Waals surface area contributed by atoms with E-state index in [0.29, 0.717) is 23.6 Å². The van der Waals surface area contributed by atoms with Crippen LogP contribution in [0.15, 0.2) is 36.5 Å². The number of amides is 1. The molecule has 5 heteroatoms. The van der Waals surface area contributed by atoms with Crippen LogP contribution in [0.25, 0.3) is 0 Å². The number of carbonyl (C=O) groups excluding carboxylic acids is 1. The number of aromatic amines is 1. The van der Waals surface area contributed by atoms with Crippen molar-refractivity contribution < 1.29 is 14.3 Å². The third-order valence-corrected chi connectivity index (χ3v) is 2.70. The fourth-order valence-corrected chi connectivity index (χ4v) is 1.75. The predicted molar refractivity (Wildman–Crippen MR) is 72.7 cm³/mol. The topological polar surface area (TPSA) is 63.3 Å². The van der Waals surface area contributed by atoms with E-state index in [0.717, 1.165) is 5.69 Å². The Labute approximate surface area is 111 Å². The summed E-state index contributed by atoms with van der Waals surface area (Å²) in [6.45, 7) is 0. The minimum atomic E-state index is -0.106.